The third-order valence-corrected chi connectivity index (χ3v) is 1.30. The summed E-state index contributed by atoms with van der Waals surface area (Å²) < 4.78 is 0. The molecule has 0 heterocycles. The van der Waals surface area contributed by atoms with Gasteiger partial charge in [-0.3, -0.25) is 0 Å². The molecule has 0 fully saturated rings. The predicted molar refractivity (Wildman–Crippen MR) is 48.1 cm³/mol. The van der Waals surface area contributed by atoms with Crippen LogP contribution in [0.1, 0.15) is 20.3 Å². The summed E-state index contributed by atoms with van der Waals surface area (Å²) in [5.74, 6) is 0. The standard InChI is InChI=1S/C5H10Si.C3H8/c1-5-6(2,3)4;1-3-2/h1H,2-4H3;3H2,1-2H3. The van der Waals surface area contributed by atoms with Crippen LogP contribution in [-0.4, -0.2) is 8.07 Å². The maximum absolute atomic E-state index is 5.12. The number of hydrogen-bond donors (Lipinski definition) is 0. The van der Waals surface area contributed by atoms with Gasteiger partial charge in [-0.15, -0.1) is 12.0 Å². The second-order valence-electron chi connectivity index (χ2n) is 3.10. The lowest BCUT2D eigenvalue weighted by molar-refractivity contribution is 1.09. The molecule has 1 heteroatoms. The minimum absolute atomic E-state index is 1.10. The van der Waals surface area contributed by atoms with Crippen molar-refractivity contribution in [3.05, 3.63) is 0 Å². The predicted octanol–water partition coefficient (Wildman–Crippen LogP) is 2.91. The molecule has 0 unspecified atom stereocenters. The van der Waals surface area contributed by atoms with Crippen LogP contribution in [0.5, 0.6) is 0 Å². The van der Waals surface area contributed by atoms with Gasteiger partial charge in [0.1, 0.15) is 8.07 Å². The van der Waals surface area contributed by atoms with E-state index in [9.17, 15) is 0 Å². The summed E-state index contributed by atoms with van der Waals surface area (Å²) in [7, 11) is -1.10. The molecule has 0 aliphatic heterocycles. The van der Waals surface area contributed by atoms with Gasteiger partial charge in [0.05, 0.1) is 0 Å². The zero-order chi connectivity index (χ0) is 7.91. The third kappa shape index (κ3) is 33.7. The van der Waals surface area contributed by atoms with E-state index in [1.54, 1.807) is 0 Å². The van der Waals surface area contributed by atoms with Gasteiger partial charge in [-0.1, -0.05) is 39.9 Å². The van der Waals surface area contributed by atoms with Crippen molar-refractivity contribution in [3.63, 3.8) is 0 Å². The van der Waals surface area contributed by atoms with E-state index in [0.29, 0.717) is 0 Å². The molecule has 0 aliphatic rings. The average Bonchev–Trinajstić information content (AvgIpc) is 1.67. The highest BCUT2D eigenvalue weighted by molar-refractivity contribution is 6.83. The molecule has 0 saturated heterocycles. The highest BCUT2D eigenvalue weighted by atomic mass is 28.3. The van der Waals surface area contributed by atoms with Crippen molar-refractivity contribution >= 4 is 8.07 Å². The molecule has 0 aliphatic carbocycles. The summed E-state index contributed by atoms with van der Waals surface area (Å²) in [6, 6.07) is 0. The van der Waals surface area contributed by atoms with Crippen LogP contribution < -0.4 is 0 Å². The van der Waals surface area contributed by atoms with E-state index >= 15 is 0 Å². The van der Waals surface area contributed by atoms with Gasteiger partial charge in [-0.2, -0.15) is 0 Å². The topological polar surface area (TPSA) is 0 Å². The molecule has 0 amide bonds. The first-order valence-electron chi connectivity index (χ1n) is 3.45. The second kappa shape index (κ2) is 5.91. The summed E-state index contributed by atoms with van der Waals surface area (Å²) in [6.45, 7) is 10.7. The minimum atomic E-state index is -1.10. The summed E-state index contributed by atoms with van der Waals surface area (Å²) >= 11 is 0. The molecule has 0 radical (unpaired) electrons. The van der Waals surface area contributed by atoms with Crippen molar-refractivity contribution < 1.29 is 0 Å². The van der Waals surface area contributed by atoms with E-state index in [2.05, 4.69) is 39.0 Å². The highest BCUT2D eigenvalue weighted by Crippen LogP contribution is 1.94. The van der Waals surface area contributed by atoms with Crippen LogP contribution in [0.3, 0.4) is 0 Å². The zero-order valence-electron chi connectivity index (χ0n) is 7.28. The first-order valence-corrected chi connectivity index (χ1v) is 6.95. The van der Waals surface area contributed by atoms with Gasteiger partial charge in [0.25, 0.3) is 0 Å². The van der Waals surface area contributed by atoms with E-state index in [1.807, 2.05) is 0 Å². The fourth-order valence-corrected chi connectivity index (χ4v) is 0. The van der Waals surface area contributed by atoms with Crippen LogP contribution >= 0.6 is 0 Å². The molecule has 0 rings (SSSR count). The first kappa shape index (κ1) is 11.6. The van der Waals surface area contributed by atoms with E-state index in [-0.39, 0.29) is 0 Å². The Balaban J connectivity index is 0. The molecule has 0 bridgehead atoms. The fraction of sp³-hybridized carbons (Fsp3) is 0.750. The Labute approximate surface area is 60.7 Å². The van der Waals surface area contributed by atoms with Crippen LogP contribution in [0.25, 0.3) is 0 Å². The lowest BCUT2D eigenvalue weighted by Crippen LogP contribution is -2.15. The molecular formula is C8H18Si. The van der Waals surface area contributed by atoms with Crippen LogP contribution in [0.4, 0.5) is 0 Å². The molecular weight excluding hydrogens is 124 g/mol. The summed E-state index contributed by atoms with van der Waals surface area (Å²) in [5.41, 5.74) is 2.74. The Morgan fingerprint density at radius 3 is 1.33 bits per heavy atom. The smallest absolute Gasteiger partial charge is 0.128 e. The number of rotatable bonds is 0. The molecule has 9 heavy (non-hydrogen) atoms. The highest BCUT2D eigenvalue weighted by Gasteiger charge is 2.05. The Morgan fingerprint density at radius 1 is 1.22 bits per heavy atom. The Morgan fingerprint density at radius 2 is 1.33 bits per heavy atom. The van der Waals surface area contributed by atoms with Crippen LogP contribution in [-0.2, 0) is 0 Å². The van der Waals surface area contributed by atoms with Gasteiger partial charge in [-0.05, 0) is 0 Å². The van der Waals surface area contributed by atoms with Crippen LogP contribution in [0.2, 0.25) is 19.6 Å². The molecule has 0 aromatic rings. The van der Waals surface area contributed by atoms with E-state index in [1.165, 1.54) is 6.42 Å². The van der Waals surface area contributed by atoms with Crippen molar-refractivity contribution in [2.45, 2.75) is 39.9 Å². The normalized spacial score (nSPS) is 8.89. The van der Waals surface area contributed by atoms with Crippen LogP contribution in [0, 0.1) is 12.0 Å². The molecule has 54 valence electrons. The summed E-state index contributed by atoms with van der Waals surface area (Å²) in [5, 5.41) is 0. The maximum Gasteiger partial charge on any atom is 0.128 e. The van der Waals surface area contributed by atoms with Gasteiger partial charge in [0.2, 0.25) is 0 Å². The monoisotopic (exact) mass is 142 g/mol. The van der Waals surface area contributed by atoms with Crippen molar-refractivity contribution in [3.8, 4) is 12.0 Å². The molecule has 0 atom stereocenters. The first-order chi connectivity index (χ1) is 3.97. The molecule has 0 saturated carbocycles. The molecule has 0 spiro atoms. The third-order valence-electron chi connectivity index (χ3n) is 0.433. The number of hydrogen-bond acceptors (Lipinski definition) is 0. The summed E-state index contributed by atoms with van der Waals surface area (Å²) in [6.07, 6.45) is 6.37. The van der Waals surface area contributed by atoms with E-state index in [0.717, 1.165) is 0 Å². The lowest BCUT2D eigenvalue weighted by atomic mass is 10.6. The SMILES string of the molecule is C#C[Si](C)(C)C.CCC. The van der Waals surface area contributed by atoms with Crippen molar-refractivity contribution in [2.24, 2.45) is 0 Å². The molecule has 0 aromatic heterocycles. The van der Waals surface area contributed by atoms with Gasteiger partial charge in [0, 0.05) is 0 Å². The van der Waals surface area contributed by atoms with Crippen molar-refractivity contribution in [1.29, 1.82) is 0 Å². The Bertz CT molecular complexity index is 81.7. The van der Waals surface area contributed by atoms with Crippen molar-refractivity contribution in [1.82, 2.24) is 0 Å². The zero-order valence-corrected chi connectivity index (χ0v) is 8.28. The minimum Gasteiger partial charge on any atom is -0.135 e. The maximum atomic E-state index is 5.12. The molecule has 0 N–H and O–H groups in total. The second-order valence-corrected chi connectivity index (χ2v) is 7.89. The Hall–Kier alpha value is -0.223. The molecule has 0 aromatic carbocycles. The van der Waals surface area contributed by atoms with Gasteiger partial charge in [-0.25, -0.2) is 0 Å². The van der Waals surface area contributed by atoms with E-state index in [4.69, 9.17) is 6.42 Å². The van der Waals surface area contributed by atoms with E-state index < -0.39 is 8.07 Å². The van der Waals surface area contributed by atoms with Crippen molar-refractivity contribution in [2.75, 3.05) is 0 Å². The molecule has 0 nitrogen and oxygen atoms in total. The fourth-order valence-electron chi connectivity index (χ4n) is 0. The largest absolute Gasteiger partial charge is 0.135 e. The van der Waals surface area contributed by atoms with Gasteiger partial charge in [0.15, 0.2) is 0 Å². The summed E-state index contributed by atoms with van der Waals surface area (Å²) in [4.78, 5) is 0. The van der Waals surface area contributed by atoms with Gasteiger partial charge < -0.3 is 0 Å². The van der Waals surface area contributed by atoms with Gasteiger partial charge >= 0.3 is 0 Å². The van der Waals surface area contributed by atoms with Crippen LogP contribution in [0.15, 0.2) is 0 Å². The lowest BCUT2D eigenvalue weighted by Gasteiger charge is -2.00. The average molecular weight is 142 g/mol. The Kier molecular flexibility index (Phi) is 7.58. The number of terminal acetylenes is 1. The quantitative estimate of drug-likeness (QED) is 0.360.